The van der Waals surface area contributed by atoms with Crippen LogP contribution in [0.5, 0.6) is 5.75 Å². The summed E-state index contributed by atoms with van der Waals surface area (Å²) in [7, 11) is 3.26. The Bertz CT molecular complexity index is 1280. The van der Waals surface area contributed by atoms with Crippen molar-refractivity contribution in [3.63, 3.8) is 0 Å². The lowest BCUT2D eigenvalue weighted by molar-refractivity contribution is 0.00715. The third-order valence-electron chi connectivity index (χ3n) is 5.61. The molecule has 0 fully saturated rings. The van der Waals surface area contributed by atoms with E-state index >= 15 is 0 Å². The fourth-order valence-electron chi connectivity index (χ4n) is 4.17. The van der Waals surface area contributed by atoms with Gasteiger partial charge < -0.3 is 13.6 Å². The quantitative estimate of drug-likeness (QED) is 0.207. The molecule has 0 unspecified atom stereocenters. The molecule has 0 aliphatic carbocycles. The van der Waals surface area contributed by atoms with Crippen LogP contribution in [0.3, 0.4) is 0 Å². The maximum atomic E-state index is 13.8. The molecule has 34 heavy (non-hydrogen) atoms. The van der Waals surface area contributed by atoms with Gasteiger partial charge in [0.25, 0.3) is 0 Å². The lowest BCUT2D eigenvalue weighted by Crippen LogP contribution is -2.24. The number of rotatable bonds is 7. The topological polar surface area (TPSA) is 48.7 Å². The Morgan fingerprint density at radius 3 is 2.15 bits per heavy atom. The Morgan fingerprint density at radius 2 is 1.59 bits per heavy atom. The second-order valence-electron chi connectivity index (χ2n) is 9.34. The summed E-state index contributed by atoms with van der Waals surface area (Å²) in [6.07, 6.45) is 2.73. The number of hydrogen-bond acceptors (Lipinski definition) is 4. The van der Waals surface area contributed by atoms with E-state index in [1.165, 1.54) is 0 Å². The van der Waals surface area contributed by atoms with Gasteiger partial charge in [-0.25, -0.2) is 4.79 Å². The molecule has 4 aromatic rings. The molecule has 0 amide bonds. The van der Waals surface area contributed by atoms with E-state index in [1.54, 1.807) is 0 Å². The number of aryl methyl sites for hydroxylation is 1. The van der Waals surface area contributed by atoms with Crippen molar-refractivity contribution in [3.8, 4) is 28.0 Å². The highest BCUT2D eigenvalue weighted by atomic mass is 28.2. The van der Waals surface area contributed by atoms with Gasteiger partial charge in [-0.05, 0) is 44.4 Å². The normalized spacial score (nSPS) is 11.6. The predicted octanol–water partition coefficient (Wildman–Crippen LogP) is 7.53. The Balaban J connectivity index is 2.14. The van der Waals surface area contributed by atoms with Crippen LogP contribution in [-0.2, 0) is 11.2 Å². The summed E-state index contributed by atoms with van der Waals surface area (Å²) in [5.41, 5.74) is 3.82. The highest BCUT2D eigenvalue weighted by molar-refractivity contribution is 6.15. The molecule has 3 aromatic carbocycles. The van der Waals surface area contributed by atoms with Gasteiger partial charge in [0.2, 0.25) is 0 Å². The number of fused-ring (bicyclic) bond motifs is 1. The molecule has 0 N–H and O–H groups in total. The number of carbonyl (C=O) groups is 1. The van der Waals surface area contributed by atoms with Gasteiger partial charge in [-0.3, -0.25) is 0 Å². The second-order valence-corrected chi connectivity index (χ2v) is 9.55. The first-order valence-corrected chi connectivity index (χ1v) is 12.0. The largest absolute Gasteiger partial charge is 0.538 e. The minimum absolute atomic E-state index is 0.386. The zero-order valence-corrected chi connectivity index (χ0v) is 21.1. The summed E-state index contributed by atoms with van der Waals surface area (Å²) in [5.74, 6) is 0.969. The van der Waals surface area contributed by atoms with Crippen molar-refractivity contribution in [1.82, 2.24) is 0 Å². The van der Waals surface area contributed by atoms with Crippen LogP contribution >= 0.6 is 0 Å². The fourth-order valence-corrected chi connectivity index (χ4v) is 4.39. The Labute approximate surface area is 204 Å². The number of benzene rings is 3. The average molecular weight is 470 g/mol. The van der Waals surface area contributed by atoms with Crippen molar-refractivity contribution in [2.45, 2.75) is 52.6 Å². The van der Waals surface area contributed by atoms with E-state index in [0.717, 1.165) is 52.7 Å². The van der Waals surface area contributed by atoms with Gasteiger partial charge in [0, 0.05) is 17.5 Å². The van der Waals surface area contributed by atoms with E-state index < -0.39 is 5.60 Å². The van der Waals surface area contributed by atoms with E-state index in [-0.39, 0.29) is 5.97 Å². The van der Waals surface area contributed by atoms with Gasteiger partial charge in [0.05, 0.1) is 10.9 Å². The number of esters is 1. The molecule has 3 radical (unpaired) electrons. The predicted molar refractivity (Wildman–Crippen MR) is 137 cm³/mol. The zero-order chi connectivity index (χ0) is 24.3. The molecule has 0 spiro atoms. The van der Waals surface area contributed by atoms with Gasteiger partial charge in [-0.1, -0.05) is 74.0 Å². The van der Waals surface area contributed by atoms with Gasteiger partial charge in [-0.2, -0.15) is 0 Å². The van der Waals surface area contributed by atoms with Crippen LogP contribution in [-0.4, -0.2) is 22.1 Å². The summed E-state index contributed by atoms with van der Waals surface area (Å²) in [6.45, 7) is 7.77. The number of unbranched alkanes of at least 4 members (excludes halogenated alkanes) is 1. The molecule has 0 aliphatic heterocycles. The maximum Gasteiger partial charge on any atom is 0.341 e. The standard InChI is InChI=1S/C29H29O4Si/c1-5-6-17-22-27(33-34)26-23(31-22)18-21(19-13-9-7-10-14-19)25(28(30)32-29(2,3)4)24(26)20-15-11-8-12-16-20/h7-16,18H,5-6,17H2,1-4H3. The van der Waals surface area contributed by atoms with E-state index in [9.17, 15) is 4.79 Å². The molecule has 0 aliphatic rings. The molecule has 0 bridgehead atoms. The summed E-state index contributed by atoms with van der Waals surface area (Å²) in [4.78, 5) is 13.8. The second kappa shape index (κ2) is 9.90. The minimum Gasteiger partial charge on any atom is -0.538 e. The van der Waals surface area contributed by atoms with Crippen LogP contribution in [0.2, 0.25) is 0 Å². The number of hydrogen-bond donors (Lipinski definition) is 0. The smallest absolute Gasteiger partial charge is 0.341 e. The van der Waals surface area contributed by atoms with E-state index in [4.69, 9.17) is 13.6 Å². The molecular weight excluding hydrogens is 440 g/mol. The Hall–Kier alpha value is -3.31. The molecule has 0 atom stereocenters. The first-order valence-electron chi connectivity index (χ1n) is 11.6. The Morgan fingerprint density at radius 1 is 0.971 bits per heavy atom. The zero-order valence-electron chi connectivity index (χ0n) is 20.1. The molecule has 0 saturated heterocycles. The first-order chi connectivity index (χ1) is 16.3. The van der Waals surface area contributed by atoms with E-state index in [2.05, 4.69) is 17.4 Å². The summed E-state index contributed by atoms with van der Waals surface area (Å²) in [6, 6.07) is 21.7. The summed E-state index contributed by atoms with van der Waals surface area (Å²) < 4.78 is 18.0. The van der Waals surface area contributed by atoms with Crippen LogP contribution in [0.1, 0.15) is 56.7 Å². The number of carbonyl (C=O) groups excluding carboxylic acids is 1. The van der Waals surface area contributed by atoms with Crippen molar-refractivity contribution >= 4 is 27.4 Å². The van der Waals surface area contributed by atoms with Crippen molar-refractivity contribution in [3.05, 3.63) is 78.1 Å². The molecule has 4 rings (SSSR count). The molecule has 4 nitrogen and oxygen atoms in total. The van der Waals surface area contributed by atoms with Gasteiger partial charge in [0.1, 0.15) is 16.9 Å². The van der Waals surface area contributed by atoms with Crippen molar-refractivity contribution < 1.29 is 18.4 Å². The Kier molecular flexibility index (Phi) is 6.94. The third kappa shape index (κ3) is 4.80. The summed E-state index contributed by atoms with van der Waals surface area (Å²) in [5, 5.41) is 0.757. The maximum absolute atomic E-state index is 13.8. The van der Waals surface area contributed by atoms with Gasteiger partial charge >= 0.3 is 16.5 Å². The lowest BCUT2D eigenvalue weighted by Gasteiger charge is -2.23. The van der Waals surface area contributed by atoms with Crippen molar-refractivity contribution in [2.75, 3.05) is 0 Å². The van der Waals surface area contributed by atoms with Gasteiger partial charge in [0.15, 0.2) is 5.75 Å². The van der Waals surface area contributed by atoms with Crippen LogP contribution in [0.15, 0.2) is 71.1 Å². The fraction of sp³-hybridized carbons (Fsp3) is 0.276. The van der Waals surface area contributed by atoms with Gasteiger partial charge in [-0.15, -0.1) is 0 Å². The molecule has 1 aromatic heterocycles. The molecule has 1 heterocycles. The van der Waals surface area contributed by atoms with E-state index in [1.807, 2.05) is 87.5 Å². The lowest BCUT2D eigenvalue weighted by atomic mass is 9.88. The third-order valence-corrected chi connectivity index (χ3v) is 5.82. The highest BCUT2D eigenvalue weighted by Crippen LogP contribution is 2.46. The molecule has 173 valence electrons. The SMILES string of the molecule is CCCCc1oc2cc(-c3ccccc3)c(C(=O)OC(C)(C)C)c(-c3ccccc3)c2c1O[Si]. The van der Waals surface area contributed by atoms with Crippen LogP contribution in [0.4, 0.5) is 0 Å². The number of ether oxygens (including phenoxy) is 1. The van der Waals surface area contributed by atoms with Crippen LogP contribution < -0.4 is 4.43 Å². The van der Waals surface area contributed by atoms with Crippen molar-refractivity contribution in [2.24, 2.45) is 0 Å². The number of furan rings is 1. The molecule has 0 saturated carbocycles. The summed E-state index contributed by atoms with van der Waals surface area (Å²) >= 11 is 0. The average Bonchev–Trinajstić information content (AvgIpc) is 3.18. The highest BCUT2D eigenvalue weighted by Gasteiger charge is 2.30. The van der Waals surface area contributed by atoms with Crippen molar-refractivity contribution in [1.29, 1.82) is 0 Å². The van der Waals surface area contributed by atoms with E-state index in [0.29, 0.717) is 16.9 Å². The minimum atomic E-state index is -0.648. The molecular formula is C29H29O4Si. The van der Waals surface area contributed by atoms with Crippen LogP contribution in [0.25, 0.3) is 33.2 Å². The monoisotopic (exact) mass is 469 g/mol. The first kappa shape index (κ1) is 23.8. The van der Waals surface area contributed by atoms with Crippen LogP contribution in [0, 0.1) is 0 Å². The molecule has 5 heteroatoms.